The van der Waals surface area contributed by atoms with Gasteiger partial charge in [0, 0.05) is 16.8 Å². The van der Waals surface area contributed by atoms with E-state index in [1.54, 1.807) is 37.4 Å². The Morgan fingerprint density at radius 3 is 2.27 bits per heavy atom. The summed E-state index contributed by atoms with van der Waals surface area (Å²) in [5.74, 6) is 2.03. The molecule has 3 aromatic carbocycles. The second-order valence-corrected chi connectivity index (χ2v) is 6.97. The number of amides is 1. The van der Waals surface area contributed by atoms with E-state index >= 15 is 0 Å². The van der Waals surface area contributed by atoms with Gasteiger partial charge in [-0.25, -0.2) is 0 Å². The first kappa shape index (κ1) is 21.2. The van der Waals surface area contributed by atoms with Gasteiger partial charge in [0.2, 0.25) is 0 Å². The summed E-state index contributed by atoms with van der Waals surface area (Å²) in [6.45, 7) is 6.89. The molecule has 3 aromatic rings. The van der Waals surface area contributed by atoms with Crippen LogP contribution in [-0.4, -0.2) is 19.6 Å². The molecule has 0 aliphatic rings. The molecule has 0 unspecified atom stereocenters. The molecule has 0 saturated heterocycles. The first-order valence-corrected chi connectivity index (χ1v) is 9.91. The van der Waals surface area contributed by atoms with Crippen molar-refractivity contribution >= 4 is 11.6 Å². The van der Waals surface area contributed by atoms with Crippen molar-refractivity contribution in [3.05, 3.63) is 82.9 Å². The quantitative estimate of drug-likeness (QED) is 0.534. The van der Waals surface area contributed by atoms with Gasteiger partial charge in [0.15, 0.2) is 0 Å². The smallest absolute Gasteiger partial charge is 0.255 e. The van der Waals surface area contributed by atoms with Crippen molar-refractivity contribution < 1.29 is 19.0 Å². The number of rotatable bonds is 8. The van der Waals surface area contributed by atoms with E-state index in [0.29, 0.717) is 30.2 Å². The average Bonchev–Trinajstić information content (AvgIpc) is 2.76. The third-order valence-corrected chi connectivity index (χ3v) is 4.84. The molecule has 5 nitrogen and oxygen atoms in total. The molecule has 1 amide bonds. The van der Waals surface area contributed by atoms with Crippen LogP contribution in [0.25, 0.3) is 0 Å². The van der Waals surface area contributed by atoms with E-state index in [1.165, 1.54) is 11.1 Å². The predicted molar refractivity (Wildman–Crippen MR) is 119 cm³/mol. The Hall–Kier alpha value is -3.47. The van der Waals surface area contributed by atoms with Crippen LogP contribution in [0, 0.1) is 13.8 Å². The zero-order valence-electron chi connectivity index (χ0n) is 17.8. The fourth-order valence-electron chi connectivity index (χ4n) is 2.97. The highest BCUT2D eigenvalue weighted by molar-refractivity contribution is 6.04. The summed E-state index contributed by atoms with van der Waals surface area (Å²) in [6.07, 6.45) is 0. The van der Waals surface area contributed by atoms with Gasteiger partial charge in [0.25, 0.3) is 5.91 Å². The van der Waals surface area contributed by atoms with Crippen molar-refractivity contribution in [2.75, 3.05) is 19.0 Å². The Morgan fingerprint density at radius 1 is 0.867 bits per heavy atom. The highest BCUT2D eigenvalue weighted by atomic mass is 16.5. The van der Waals surface area contributed by atoms with Crippen molar-refractivity contribution in [3.8, 4) is 17.2 Å². The normalized spacial score (nSPS) is 10.4. The Kier molecular flexibility index (Phi) is 6.96. The van der Waals surface area contributed by atoms with E-state index in [4.69, 9.17) is 14.2 Å². The number of carbonyl (C=O) groups excluding carboxylic acids is 1. The molecule has 3 rings (SSSR count). The molecule has 0 radical (unpaired) electrons. The fourth-order valence-corrected chi connectivity index (χ4v) is 2.97. The van der Waals surface area contributed by atoms with Gasteiger partial charge in [-0.15, -0.1) is 0 Å². The van der Waals surface area contributed by atoms with Crippen LogP contribution in [0.2, 0.25) is 0 Å². The standard InChI is InChI=1S/C25H27NO4/c1-5-29-24-13-7-19(25(27)26-21-8-11-22(28-4)12-9-21)15-20(24)16-30-23-10-6-17(2)18(3)14-23/h6-15H,5,16H2,1-4H3,(H,26,27). The molecule has 30 heavy (non-hydrogen) atoms. The summed E-state index contributed by atoms with van der Waals surface area (Å²) in [5, 5.41) is 2.90. The summed E-state index contributed by atoms with van der Waals surface area (Å²) in [6, 6.07) is 18.6. The van der Waals surface area contributed by atoms with Crippen molar-refractivity contribution in [3.63, 3.8) is 0 Å². The van der Waals surface area contributed by atoms with Crippen molar-refractivity contribution in [2.45, 2.75) is 27.4 Å². The second-order valence-electron chi connectivity index (χ2n) is 6.97. The molecule has 0 aliphatic heterocycles. The largest absolute Gasteiger partial charge is 0.497 e. The zero-order valence-corrected chi connectivity index (χ0v) is 17.8. The lowest BCUT2D eigenvalue weighted by Crippen LogP contribution is -2.13. The van der Waals surface area contributed by atoms with Gasteiger partial charge >= 0.3 is 0 Å². The van der Waals surface area contributed by atoms with Crippen LogP contribution in [0.1, 0.15) is 34.0 Å². The average molecular weight is 405 g/mol. The van der Waals surface area contributed by atoms with Gasteiger partial charge < -0.3 is 19.5 Å². The lowest BCUT2D eigenvalue weighted by Gasteiger charge is -2.14. The Labute approximate surface area is 177 Å². The first-order valence-electron chi connectivity index (χ1n) is 9.91. The number of nitrogens with one attached hydrogen (secondary N) is 1. The number of benzene rings is 3. The zero-order chi connectivity index (χ0) is 21.5. The van der Waals surface area contributed by atoms with Gasteiger partial charge in [-0.1, -0.05) is 6.07 Å². The van der Waals surface area contributed by atoms with Crippen LogP contribution in [-0.2, 0) is 6.61 Å². The van der Waals surface area contributed by atoms with Crippen LogP contribution in [0.5, 0.6) is 17.2 Å². The summed E-state index contributed by atoms with van der Waals surface area (Å²) in [7, 11) is 1.61. The number of anilines is 1. The van der Waals surface area contributed by atoms with E-state index in [-0.39, 0.29) is 5.91 Å². The second kappa shape index (κ2) is 9.83. The molecule has 1 N–H and O–H groups in total. The van der Waals surface area contributed by atoms with Gasteiger partial charge in [-0.3, -0.25) is 4.79 Å². The molecule has 0 aromatic heterocycles. The molecule has 156 valence electrons. The van der Waals surface area contributed by atoms with Crippen LogP contribution in [0.3, 0.4) is 0 Å². The molecule has 0 fully saturated rings. The third kappa shape index (κ3) is 5.32. The van der Waals surface area contributed by atoms with E-state index in [2.05, 4.69) is 19.2 Å². The molecule has 0 saturated carbocycles. The summed E-state index contributed by atoms with van der Waals surface area (Å²) in [5.41, 5.74) is 4.44. The van der Waals surface area contributed by atoms with Gasteiger partial charge in [-0.05, 0) is 86.5 Å². The predicted octanol–water partition coefficient (Wildman–Crippen LogP) is 5.54. The third-order valence-electron chi connectivity index (χ3n) is 4.84. The van der Waals surface area contributed by atoms with E-state index in [0.717, 1.165) is 17.1 Å². The Balaban J connectivity index is 1.76. The summed E-state index contributed by atoms with van der Waals surface area (Å²) in [4.78, 5) is 12.7. The van der Waals surface area contributed by atoms with Crippen molar-refractivity contribution in [2.24, 2.45) is 0 Å². The number of carbonyl (C=O) groups is 1. The van der Waals surface area contributed by atoms with Crippen LogP contribution >= 0.6 is 0 Å². The molecule has 0 atom stereocenters. The summed E-state index contributed by atoms with van der Waals surface area (Å²) < 4.78 is 16.8. The van der Waals surface area contributed by atoms with Crippen molar-refractivity contribution in [1.29, 1.82) is 0 Å². The molecular formula is C25H27NO4. The number of hydrogen-bond acceptors (Lipinski definition) is 4. The Morgan fingerprint density at radius 2 is 1.60 bits per heavy atom. The maximum absolute atomic E-state index is 12.7. The van der Waals surface area contributed by atoms with E-state index < -0.39 is 0 Å². The highest BCUT2D eigenvalue weighted by Gasteiger charge is 2.12. The Bertz CT molecular complexity index is 1010. The fraction of sp³-hybridized carbons (Fsp3) is 0.240. The van der Waals surface area contributed by atoms with Crippen LogP contribution in [0.15, 0.2) is 60.7 Å². The van der Waals surface area contributed by atoms with E-state index in [9.17, 15) is 4.79 Å². The molecule has 5 heteroatoms. The van der Waals surface area contributed by atoms with E-state index in [1.807, 2.05) is 37.3 Å². The van der Waals surface area contributed by atoms with Crippen LogP contribution < -0.4 is 19.5 Å². The lowest BCUT2D eigenvalue weighted by molar-refractivity contribution is 0.102. The maximum atomic E-state index is 12.7. The molecule has 0 bridgehead atoms. The first-order chi connectivity index (χ1) is 14.5. The molecule has 0 aliphatic carbocycles. The number of hydrogen-bond donors (Lipinski definition) is 1. The van der Waals surface area contributed by atoms with Gasteiger partial charge in [0.05, 0.1) is 13.7 Å². The topological polar surface area (TPSA) is 56.8 Å². The van der Waals surface area contributed by atoms with Gasteiger partial charge in [-0.2, -0.15) is 0 Å². The minimum absolute atomic E-state index is 0.198. The monoisotopic (exact) mass is 405 g/mol. The van der Waals surface area contributed by atoms with Crippen molar-refractivity contribution in [1.82, 2.24) is 0 Å². The minimum atomic E-state index is -0.198. The summed E-state index contributed by atoms with van der Waals surface area (Å²) >= 11 is 0. The minimum Gasteiger partial charge on any atom is -0.497 e. The molecule has 0 heterocycles. The van der Waals surface area contributed by atoms with Crippen LogP contribution in [0.4, 0.5) is 5.69 Å². The number of ether oxygens (including phenoxy) is 3. The molecule has 0 spiro atoms. The number of methoxy groups -OCH3 is 1. The number of aryl methyl sites for hydroxylation is 2. The lowest BCUT2D eigenvalue weighted by atomic mass is 10.1. The maximum Gasteiger partial charge on any atom is 0.255 e. The highest BCUT2D eigenvalue weighted by Crippen LogP contribution is 2.25. The molecular weight excluding hydrogens is 378 g/mol. The van der Waals surface area contributed by atoms with Gasteiger partial charge in [0.1, 0.15) is 23.9 Å². The SMILES string of the molecule is CCOc1ccc(C(=O)Nc2ccc(OC)cc2)cc1COc1ccc(C)c(C)c1.